The standard InChI is InChI=1S/C44H78N4O8/c1-4-7-10-13-16-19-22-25-28-31-37(49)53-34-36-40(55-38(50)32-29-26-23-20-17-14-11-8-5-2)41(44(54-36)48-35-46-43(47-48)42(45)52)56-39(51)33-30-27-24-21-18-15-12-9-6-3/h35-36,40-41,44H,4-34H2,1-3H3,(H2,45,52)/t36-,40-,41-,44-/m1/s1. The van der Waals surface area contributed by atoms with E-state index in [0.29, 0.717) is 12.8 Å². The first-order chi connectivity index (χ1) is 27.3. The molecule has 0 aliphatic carbocycles. The average molecular weight is 791 g/mol. The molecule has 2 N–H and O–H groups in total. The Hall–Kier alpha value is -3.02. The Balaban J connectivity index is 2.04. The van der Waals surface area contributed by atoms with Gasteiger partial charge in [0.05, 0.1) is 0 Å². The van der Waals surface area contributed by atoms with Crippen molar-refractivity contribution in [3.63, 3.8) is 0 Å². The van der Waals surface area contributed by atoms with E-state index in [1.54, 1.807) is 0 Å². The summed E-state index contributed by atoms with van der Waals surface area (Å²) in [5, 5.41) is 4.17. The predicted octanol–water partition coefficient (Wildman–Crippen LogP) is 10.4. The van der Waals surface area contributed by atoms with Gasteiger partial charge in [0.25, 0.3) is 5.91 Å². The van der Waals surface area contributed by atoms with E-state index < -0.39 is 42.4 Å². The molecule has 1 aliphatic rings. The quantitative estimate of drug-likeness (QED) is 0.0393. The van der Waals surface area contributed by atoms with Crippen LogP contribution < -0.4 is 5.73 Å². The molecule has 1 aromatic heterocycles. The van der Waals surface area contributed by atoms with Crippen LogP contribution in [0, 0.1) is 0 Å². The molecule has 0 aromatic carbocycles. The van der Waals surface area contributed by atoms with Crippen LogP contribution in [0.1, 0.15) is 230 Å². The molecule has 4 atom stereocenters. The zero-order valence-electron chi connectivity index (χ0n) is 35.5. The Morgan fingerprint density at radius 1 is 0.571 bits per heavy atom. The second kappa shape index (κ2) is 32.0. The van der Waals surface area contributed by atoms with Gasteiger partial charge in [-0.1, -0.05) is 175 Å². The van der Waals surface area contributed by atoms with Crippen LogP contribution in [-0.2, 0) is 33.3 Å². The summed E-state index contributed by atoms with van der Waals surface area (Å²) in [6.07, 6.45) is 28.0. The van der Waals surface area contributed by atoms with Gasteiger partial charge in [-0.05, 0) is 19.3 Å². The first-order valence-electron chi connectivity index (χ1n) is 22.7. The predicted molar refractivity (Wildman–Crippen MR) is 219 cm³/mol. The number of nitrogens with zero attached hydrogens (tertiary/aromatic N) is 3. The summed E-state index contributed by atoms with van der Waals surface area (Å²) in [6, 6.07) is 0. The number of esters is 3. The maximum atomic E-state index is 13.3. The van der Waals surface area contributed by atoms with Crippen molar-refractivity contribution in [3.05, 3.63) is 12.2 Å². The molecular formula is C44H78N4O8. The summed E-state index contributed by atoms with van der Waals surface area (Å²) >= 11 is 0. The molecule has 12 nitrogen and oxygen atoms in total. The lowest BCUT2D eigenvalue weighted by Crippen LogP contribution is -2.41. The highest BCUT2D eigenvalue weighted by Crippen LogP contribution is 2.35. The van der Waals surface area contributed by atoms with Crippen molar-refractivity contribution < 1.29 is 38.1 Å². The van der Waals surface area contributed by atoms with E-state index in [-0.39, 0.29) is 37.7 Å². The van der Waals surface area contributed by atoms with Crippen LogP contribution in [0.3, 0.4) is 0 Å². The number of carbonyl (C=O) groups is 4. The first kappa shape index (κ1) is 49.1. The number of nitrogens with two attached hydrogens (primary N) is 1. The Bertz CT molecular complexity index is 1190. The van der Waals surface area contributed by atoms with Crippen LogP contribution in [0.4, 0.5) is 0 Å². The zero-order chi connectivity index (χ0) is 40.6. The summed E-state index contributed by atoms with van der Waals surface area (Å²) in [7, 11) is 0. The first-order valence-corrected chi connectivity index (χ1v) is 22.7. The van der Waals surface area contributed by atoms with E-state index in [1.165, 1.54) is 114 Å². The largest absolute Gasteiger partial charge is 0.463 e. The number of rotatable bonds is 36. The van der Waals surface area contributed by atoms with Gasteiger partial charge in [-0.3, -0.25) is 19.2 Å². The van der Waals surface area contributed by atoms with E-state index in [9.17, 15) is 19.2 Å². The van der Waals surface area contributed by atoms with E-state index in [1.807, 2.05) is 0 Å². The number of unbranched alkanes of at least 4 members (excludes halogenated alkanes) is 24. The highest BCUT2D eigenvalue weighted by molar-refractivity contribution is 5.88. The van der Waals surface area contributed by atoms with Gasteiger partial charge >= 0.3 is 17.9 Å². The molecule has 0 radical (unpaired) electrons. The summed E-state index contributed by atoms with van der Waals surface area (Å²) in [4.78, 5) is 55.3. The summed E-state index contributed by atoms with van der Waals surface area (Å²) in [5.74, 6) is -2.32. The van der Waals surface area contributed by atoms with E-state index in [2.05, 4.69) is 30.9 Å². The zero-order valence-corrected chi connectivity index (χ0v) is 35.5. The van der Waals surface area contributed by atoms with Crippen LogP contribution in [0.5, 0.6) is 0 Å². The lowest BCUT2D eigenvalue weighted by molar-refractivity contribution is -0.169. The number of amides is 1. The monoisotopic (exact) mass is 791 g/mol. The van der Waals surface area contributed by atoms with Crippen molar-refractivity contribution in [1.29, 1.82) is 0 Å². The SMILES string of the molecule is CCCCCCCCCCCC(=O)OC[C@H]1O[C@@H](n2cnc(C(N)=O)n2)[C@H](OC(=O)CCCCCCCCCCC)[C@@H]1OC(=O)CCCCCCCCCCC. The third-order valence-corrected chi connectivity index (χ3v) is 10.7. The third kappa shape index (κ3) is 22.1. The van der Waals surface area contributed by atoms with Crippen molar-refractivity contribution in [2.75, 3.05) is 6.61 Å². The highest BCUT2D eigenvalue weighted by atomic mass is 16.7. The van der Waals surface area contributed by atoms with Gasteiger partial charge in [0, 0.05) is 19.3 Å². The maximum Gasteiger partial charge on any atom is 0.306 e. The van der Waals surface area contributed by atoms with Crippen molar-refractivity contribution in [2.24, 2.45) is 5.73 Å². The maximum absolute atomic E-state index is 13.3. The minimum absolute atomic E-state index is 0.195. The van der Waals surface area contributed by atoms with Crippen LogP contribution >= 0.6 is 0 Å². The van der Waals surface area contributed by atoms with Crippen LogP contribution in [-0.4, -0.2) is 63.5 Å². The second-order valence-electron chi connectivity index (χ2n) is 15.8. The number of aromatic nitrogens is 3. The molecule has 12 heteroatoms. The molecule has 0 saturated carbocycles. The van der Waals surface area contributed by atoms with Crippen molar-refractivity contribution in [2.45, 2.75) is 238 Å². The Morgan fingerprint density at radius 3 is 1.34 bits per heavy atom. The van der Waals surface area contributed by atoms with Gasteiger partial charge in [-0.15, -0.1) is 5.10 Å². The molecule has 1 aromatic rings. The molecule has 0 unspecified atom stereocenters. The number of hydrogen-bond donors (Lipinski definition) is 1. The van der Waals surface area contributed by atoms with Crippen LogP contribution in [0.15, 0.2) is 6.33 Å². The summed E-state index contributed by atoms with van der Waals surface area (Å²) in [6.45, 7) is 6.44. The van der Waals surface area contributed by atoms with Crippen LogP contribution in [0.25, 0.3) is 0 Å². The molecule has 1 amide bonds. The molecule has 2 heterocycles. The average Bonchev–Trinajstić information content (AvgIpc) is 3.80. The Labute approximate surface area is 338 Å². The van der Waals surface area contributed by atoms with E-state index in [4.69, 9.17) is 24.7 Å². The lowest BCUT2D eigenvalue weighted by Gasteiger charge is -2.24. The molecule has 0 bridgehead atoms. The van der Waals surface area contributed by atoms with Gasteiger partial charge < -0.3 is 24.7 Å². The van der Waals surface area contributed by atoms with Crippen molar-refractivity contribution in [3.8, 4) is 0 Å². The number of hydrogen-bond acceptors (Lipinski definition) is 10. The van der Waals surface area contributed by atoms with Gasteiger partial charge in [-0.2, -0.15) is 0 Å². The highest BCUT2D eigenvalue weighted by Gasteiger charge is 2.51. The molecule has 1 aliphatic heterocycles. The minimum Gasteiger partial charge on any atom is -0.463 e. The number of carbonyl (C=O) groups excluding carboxylic acids is 4. The molecule has 2 rings (SSSR count). The lowest BCUT2D eigenvalue weighted by atomic mass is 10.1. The normalized spacial score (nSPS) is 17.9. The number of ether oxygens (including phenoxy) is 4. The van der Waals surface area contributed by atoms with Crippen molar-refractivity contribution >= 4 is 23.8 Å². The molecule has 322 valence electrons. The van der Waals surface area contributed by atoms with Gasteiger partial charge in [0.1, 0.15) is 19.0 Å². The summed E-state index contributed by atoms with van der Waals surface area (Å²) in [5.41, 5.74) is 5.43. The Morgan fingerprint density at radius 2 is 0.946 bits per heavy atom. The third-order valence-electron chi connectivity index (χ3n) is 10.7. The topological polar surface area (TPSA) is 162 Å². The van der Waals surface area contributed by atoms with E-state index >= 15 is 0 Å². The molecular weight excluding hydrogens is 713 g/mol. The van der Waals surface area contributed by atoms with Crippen molar-refractivity contribution in [1.82, 2.24) is 14.8 Å². The minimum atomic E-state index is -1.11. The Kier molecular flexibility index (Phi) is 28.1. The van der Waals surface area contributed by atoms with Crippen LogP contribution in [0.2, 0.25) is 0 Å². The molecule has 1 saturated heterocycles. The van der Waals surface area contributed by atoms with Gasteiger partial charge in [-0.25, -0.2) is 9.67 Å². The van der Waals surface area contributed by atoms with Gasteiger partial charge in [0.2, 0.25) is 5.82 Å². The second-order valence-corrected chi connectivity index (χ2v) is 15.8. The fourth-order valence-corrected chi connectivity index (χ4v) is 7.24. The fraction of sp³-hybridized carbons (Fsp3) is 0.864. The fourth-order valence-electron chi connectivity index (χ4n) is 7.24. The summed E-state index contributed by atoms with van der Waals surface area (Å²) < 4.78 is 25.2. The molecule has 56 heavy (non-hydrogen) atoms. The molecule has 0 spiro atoms. The number of primary amides is 1. The van der Waals surface area contributed by atoms with Gasteiger partial charge in [0.15, 0.2) is 18.4 Å². The van der Waals surface area contributed by atoms with E-state index in [0.717, 1.165) is 57.8 Å². The molecule has 1 fully saturated rings. The smallest absolute Gasteiger partial charge is 0.306 e.